The van der Waals surface area contributed by atoms with Crippen LogP contribution in [0.3, 0.4) is 0 Å². The molecular formula is C12H17ClO3S. The van der Waals surface area contributed by atoms with Gasteiger partial charge in [-0.05, 0) is 38.5 Å². The van der Waals surface area contributed by atoms with Crippen LogP contribution in [0.25, 0.3) is 0 Å². The van der Waals surface area contributed by atoms with Crippen molar-refractivity contribution in [1.29, 1.82) is 0 Å². The van der Waals surface area contributed by atoms with Gasteiger partial charge in [-0.1, -0.05) is 23.7 Å². The predicted molar refractivity (Wildman–Crippen MR) is 70.0 cm³/mol. The van der Waals surface area contributed by atoms with Crippen LogP contribution in [-0.2, 0) is 9.84 Å². The van der Waals surface area contributed by atoms with Crippen molar-refractivity contribution in [2.75, 3.05) is 5.75 Å². The van der Waals surface area contributed by atoms with E-state index in [0.29, 0.717) is 10.6 Å². The third-order valence-electron chi connectivity index (χ3n) is 2.43. The Morgan fingerprint density at radius 3 is 2.18 bits per heavy atom. The number of halogens is 1. The lowest BCUT2D eigenvalue weighted by molar-refractivity contribution is 0.105. The van der Waals surface area contributed by atoms with Crippen molar-refractivity contribution < 1.29 is 13.5 Å². The highest BCUT2D eigenvalue weighted by Gasteiger charge is 2.29. The monoisotopic (exact) mass is 276 g/mol. The summed E-state index contributed by atoms with van der Waals surface area (Å²) in [6.07, 6.45) is 0. The third kappa shape index (κ3) is 4.30. The molecule has 0 aromatic heterocycles. The molecule has 1 atom stereocenters. The van der Waals surface area contributed by atoms with Crippen LogP contribution >= 0.6 is 11.6 Å². The topological polar surface area (TPSA) is 54.4 Å². The molecular weight excluding hydrogens is 260 g/mol. The van der Waals surface area contributed by atoms with Crippen LogP contribution < -0.4 is 0 Å². The van der Waals surface area contributed by atoms with Crippen molar-refractivity contribution in [3.8, 4) is 0 Å². The van der Waals surface area contributed by atoms with Crippen LogP contribution in [-0.4, -0.2) is 24.9 Å². The molecule has 0 aliphatic rings. The van der Waals surface area contributed by atoms with E-state index in [2.05, 4.69) is 0 Å². The Balaban J connectivity index is 2.97. The van der Waals surface area contributed by atoms with E-state index in [1.54, 1.807) is 31.2 Å². The minimum atomic E-state index is -3.38. The molecule has 0 heterocycles. The molecule has 0 saturated carbocycles. The molecule has 0 aliphatic heterocycles. The van der Waals surface area contributed by atoms with E-state index in [4.69, 9.17) is 11.6 Å². The van der Waals surface area contributed by atoms with E-state index < -0.39 is 20.7 Å². The minimum Gasteiger partial charge on any atom is -0.389 e. The maximum atomic E-state index is 12.0. The first-order valence-electron chi connectivity index (χ1n) is 5.31. The summed E-state index contributed by atoms with van der Waals surface area (Å²) in [5.74, 6) is -0.260. The zero-order chi connectivity index (χ0) is 13.3. The number of sulfone groups is 1. The van der Waals surface area contributed by atoms with Crippen LogP contribution in [0.2, 0.25) is 5.02 Å². The Morgan fingerprint density at radius 2 is 1.76 bits per heavy atom. The number of aliphatic hydroxyl groups is 1. The van der Waals surface area contributed by atoms with Gasteiger partial charge in [-0.25, -0.2) is 8.42 Å². The molecule has 1 aromatic carbocycles. The third-order valence-corrected chi connectivity index (χ3v) is 5.14. The van der Waals surface area contributed by atoms with Gasteiger partial charge in [0.15, 0.2) is 9.84 Å². The molecule has 1 rings (SSSR count). The van der Waals surface area contributed by atoms with Crippen LogP contribution in [0, 0.1) is 0 Å². The van der Waals surface area contributed by atoms with Crippen molar-refractivity contribution in [2.45, 2.75) is 31.6 Å². The summed E-state index contributed by atoms with van der Waals surface area (Å²) in [6.45, 7) is 4.59. The van der Waals surface area contributed by atoms with Crippen LogP contribution in [0.1, 0.15) is 31.6 Å². The van der Waals surface area contributed by atoms with Gasteiger partial charge in [0.1, 0.15) is 0 Å². The van der Waals surface area contributed by atoms with Crippen molar-refractivity contribution in [2.24, 2.45) is 0 Å². The van der Waals surface area contributed by atoms with Crippen molar-refractivity contribution in [3.05, 3.63) is 34.9 Å². The van der Waals surface area contributed by atoms with E-state index in [9.17, 15) is 13.5 Å². The minimum absolute atomic E-state index is 0.260. The highest BCUT2D eigenvalue weighted by atomic mass is 35.5. The van der Waals surface area contributed by atoms with Crippen molar-refractivity contribution in [1.82, 2.24) is 0 Å². The molecule has 1 aromatic rings. The molecule has 17 heavy (non-hydrogen) atoms. The average molecular weight is 277 g/mol. The van der Waals surface area contributed by atoms with E-state index >= 15 is 0 Å². The van der Waals surface area contributed by atoms with E-state index in [1.807, 2.05) is 0 Å². The van der Waals surface area contributed by atoms with E-state index in [0.717, 1.165) is 0 Å². The maximum Gasteiger partial charge on any atom is 0.159 e. The highest BCUT2D eigenvalue weighted by Crippen LogP contribution is 2.26. The molecule has 96 valence electrons. The zero-order valence-electron chi connectivity index (χ0n) is 10.1. The molecule has 5 heteroatoms. The molecule has 1 N–H and O–H groups in total. The van der Waals surface area contributed by atoms with Gasteiger partial charge in [0, 0.05) is 5.02 Å². The molecule has 0 spiro atoms. The fourth-order valence-corrected chi connectivity index (χ4v) is 3.49. The lowest BCUT2D eigenvalue weighted by Gasteiger charge is -2.20. The Labute approximate surface area is 107 Å². The molecule has 0 fully saturated rings. The van der Waals surface area contributed by atoms with Crippen LogP contribution in [0.4, 0.5) is 0 Å². The van der Waals surface area contributed by atoms with Crippen LogP contribution in [0.5, 0.6) is 0 Å². The van der Waals surface area contributed by atoms with Gasteiger partial charge in [0.05, 0.1) is 16.6 Å². The van der Waals surface area contributed by atoms with Gasteiger partial charge < -0.3 is 5.11 Å². The molecule has 3 nitrogen and oxygen atoms in total. The lowest BCUT2D eigenvalue weighted by atomic mass is 10.2. The molecule has 0 amide bonds. The number of benzene rings is 1. The SMILES string of the molecule is CC(c1ccc(Cl)cc1)S(=O)(=O)CC(C)(C)O. The number of hydrogen-bond acceptors (Lipinski definition) is 3. The first-order valence-corrected chi connectivity index (χ1v) is 7.40. The van der Waals surface area contributed by atoms with Gasteiger partial charge in [-0.15, -0.1) is 0 Å². The highest BCUT2D eigenvalue weighted by molar-refractivity contribution is 7.91. The summed E-state index contributed by atoms with van der Waals surface area (Å²) < 4.78 is 24.1. The second kappa shape index (κ2) is 4.96. The van der Waals surface area contributed by atoms with Crippen LogP contribution in [0.15, 0.2) is 24.3 Å². The van der Waals surface area contributed by atoms with Gasteiger partial charge in [-0.2, -0.15) is 0 Å². The number of rotatable bonds is 4. The number of hydrogen-bond donors (Lipinski definition) is 1. The molecule has 0 aliphatic carbocycles. The smallest absolute Gasteiger partial charge is 0.159 e. The summed E-state index contributed by atoms with van der Waals surface area (Å²) in [5, 5.41) is 9.52. The van der Waals surface area contributed by atoms with Gasteiger partial charge >= 0.3 is 0 Å². The summed E-state index contributed by atoms with van der Waals surface area (Å²) in [4.78, 5) is 0. The molecule has 0 radical (unpaired) electrons. The fourth-order valence-electron chi connectivity index (χ4n) is 1.56. The normalized spacial score (nSPS) is 14.6. The van der Waals surface area contributed by atoms with E-state index in [-0.39, 0.29) is 5.75 Å². The Morgan fingerprint density at radius 1 is 1.29 bits per heavy atom. The van der Waals surface area contributed by atoms with Crippen molar-refractivity contribution in [3.63, 3.8) is 0 Å². The average Bonchev–Trinajstić information content (AvgIpc) is 2.14. The predicted octanol–water partition coefficient (Wildman–Crippen LogP) is 2.59. The molecule has 0 bridgehead atoms. The fraction of sp³-hybridized carbons (Fsp3) is 0.500. The summed E-state index contributed by atoms with van der Waals surface area (Å²) >= 11 is 5.75. The van der Waals surface area contributed by atoms with Gasteiger partial charge in [0.2, 0.25) is 0 Å². The van der Waals surface area contributed by atoms with E-state index in [1.165, 1.54) is 13.8 Å². The maximum absolute atomic E-state index is 12.0. The van der Waals surface area contributed by atoms with Gasteiger partial charge in [0.25, 0.3) is 0 Å². The molecule has 1 unspecified atom stereocenters. The second-order valence-electron chi connectivity index (χ2n) is 4.81. The molecule has 0 saturated heterocycles. The Bertz CT molecular complexity index is 471. The second-order valence-corrected chi connectivity index (χ2v) is 7.57. The quantitative estimate of drug-likeness (QED) is 0.920. The summed E-state index contributed by atoms with van der Waals surface area (Å²) in [7, 11) is -3.38. The Kier molecular flexibility index (Phi) is 4.23. The van der Waals surface area contributed by atoms with Crippen molar-refractivity contribution >= 4 is 21.4 Å². The zero-order valence-corrected chi connectivity index (χ0v) is 11.7. The first kappa shape index (κ1) is 14.5. The standard InChI is InChI=1S/C12H17ClO3S/c1-9(10-4-6-11(13)7-5-10)17(15,16)8-12(2,3)14/h4-7,9,14H,8H2,1-3H3. The largest absolute Gasteiger partial charge is 0.389 e. The first-order chi connectivity index (χ1) is 7.62. The summed E-state index contributed by atoms with van der Waals surface area (Å²) in [6, 6.07) is 6.70. The summed E-state index contributed by atoms with van der Waals surface area (Å²) in [5.41, 5.74) is -0.543. The Hall–Kier alpha value is -0.580. The van der Waals surface area contributed by atoms with Gasteiger partial charge in [-0.3, -0.25) is 0 Å². The lowest BCUT2D eigenvalue weighted by Crippen LogP contribution is -2.32.